The number of hydrogen-bond donors (Lipinski definition) is 1. The Hall–Kier alpha value is -1.46. The molecule has 92 valence electrons. The van der Waals surface area contributed by atoms with Crippen LogP contribution in [0, 0.1) is 6.92 Å². The van der Waals surface area contributed by atoms with Gasteiger partial charge in [-0.2, -0.15) is 0 Å². The van der Waals surface area contributed by atoms with Crippen LogP contribution in [0.15, 0.2) is 18.2 Å². The minimum absolute atomic E-state index is 0.0430. The number of hydrogen-bond acceptors (Lipinski definition) is 4. The van der Waals surface area contributed by atoms with Crippen molar-refractivity contribution in [1.82, 2.24) is 9.88 Å². The Labute approximate surface area is 101 Å². The first-order valence-corrected chi connectivity index (χ1v) is 5.75. The fourth-order valence-electron chi connectivity index (χ4n) is 1.93. The van der Waals surface area contributed by atoms with Crippen molar-refractivity contribution in [2.45, 2.75) is 13.0 Å². The van der Waals surface area contributed by atoms with E-state index in [1.54, 1.807) is 11.0 Å². The number of carbonyl (C=O) groups excluding carboxylic acids is 1. The molecule has 17 heavy (non-hydrogen) atoms. The molecule has 0 aromatic carbocycles. The summed E-state index contributed by atoms with van der Waals surface area (Å²) in [7, 11) is 0. The summed E-state index contributed by atoms with van der Waals surface area (Å²) < 4.78 is 5.32. The van der Waals surface area contributed by atoms with Crippen LogP contribution in [0.3, 0.4) is 0 Å². The number of aryl methyl sites for hydroxylation is 1. The van der Waals surface area contributed by atoms with Gasteiger partial charge in [-0.05, 0) is 19.1 Å². The minimum Gasteiger partial charge on any atom is -0.377 e. The summed E-state index contributed by atoms with van der Waals surface area (Å²) in [6.07, 6.45) is 0. The number of nitrogens with two attached hydrogens (primary N) is 1. The second-order valence-electron chi connectivity index (χ2n) is 4.13. The molecular formula is C12H17N3O2. The molecule has 1 amide bonds. The van der Waals surface area contributed by atoms with Crippen molar-refractivity contribution < 1.29 is 9.53 Å². The van der Waals surface area contributed by atoms with Crippen molar-refractivity contribution in [1.29, 1.82) is 0 Å². The van der Waals surface area contributed by atoms with E-state index in [-0.39, 0.29) is 11.9 Å². The predicted octanol–water partition coefficient (Wildman–Crippen LogP) is 0.190. The molecule has 0 saturated carbocycles. The van der Waals surface area contributed by atoms with Crippen molar-refractivity contribution in [3.05, 3.63) is 29.6 Å². The Bertz CT molecular complexity index is 408. The highest BCUT2D eigenvalue weighted by Gasteiger charge is 2.27. The van der Waals surface area contributed by atoms with Crippen molar-refractivity contribution in [2.75, 3.05) is 26.3 Å². The predicted molar refractivity (Wildman–Crippen MR) is 63.7 cm³/mol. The average Bonchev–Trinajstić information content (AvgIpc) is 2.38. The maximum absolute atomic E-state index is 12.3. The van der Waals surface area contributed by atoms with Crippen LogP contribution in [-0.4, -0.2) is 48.1 Å². The van der Waals surface area contributed by atoms with E-state index in [0.717, 1.165) is 5.69 Å². The van der Waals surface area contributed by atoms with Crippen LogP contribution in [0.2, 0.25) is 0 Å². The van der Waals surface area contributed by atoms with Gasteiger partial charge >= 0.3 is 0 Å². The number of aromatic nitrogens is 1. The zero-order chi connectivity index (χ0) is 12.3. The van der Waals surface area contributed by atoms with E-state index < -0.39 is 0 Å². The lowest BCUT2D eigenvalue weighted by molar-refractivity contribution is 0.000515. The second-order valence-corrected chi connectivity index (χ2v) is 4.13. The third-order valence-corrected chi connectivity index (χ3v) is 2.87. The molecule has 1 fully saturated rings. The normalized spacial score (nSPS) is 20.4. The van der Waals surface area contributed by atoms with E-state index in [2.05, 4.69) is 4.98 Å². The number of ether oxygens (including phenoxy) is 1. The molecule has 5 nitrogen and oxygen atoms in total. The van der Waals surface area contributed by atoms with Crippen LogP contribution in [0.5, 0.6) is 0 Å². The van der Waals surface area contributed by atoms with Gasteiger partial charge in [-0.3, -0.25) is 4.79 Å². The topological polar surface area (TPSA) is 68.5 Å². The first kappa shape index (κ1) is 12.0. The molecule has 1 unspecified atom stereocenters. The minimum atomic E-state index is -0.0625. The Morgan fingerprint density at radius 3 is 3.18 bits per heavy atom. The highest BCUT2D eigenvalue weighted by molar-refractivity contribution is 5.92. The second kappa shape index (κ2) is 5.25. The van der Waals surface area contributed by atoms with Gasteiger partial charge in [-0.1, -0.05) is 6.07 Å². The molecule has 0 bridgehead atoms. The third-order valence-electron chi connectivity index (χ3n) is 2.87. The lowest BCUT2D eigenvalue weighted by Gasteiger charge is -2.34. The Kier molecular flexibility index (Phi) is 3.71. The van der Waals surface area contributed by atoms with E-state index in [1.165, 1.54) is 0 Å². The van der Waals surface area contributed by atoms with Crippen molar-refractivity contribution >= 4 is 5.91 Å². The largest absolute Gasteiger partial charge is 0.377 e. The Morgan fingerprint density at radius 1 is 1.65 bits per heavy atom. The zero-order valence-corrected chi connectivity index (χ0v) is 9.93. The molecule has 0 radical (unpaired) electrons. The summed E-state index contributed by atoms with van der Waals surface area (Å²) >= 11 is 0. The Morgan fingerprint density at radius 2 is 2.47 bits per heavy atom. The summed E-state index contributed by atoms with van der Waals surface area (Å²) in [5.41, 5.74) is 6.96. The lowest BCUT2D eigenvalue weighted by atomic mass is 10.2. The van der Waals surface area contributed by atoms with Crippen LogP contribution in [0.25, 0.3) is 0 Å². The van der Waals surface area contributed by atoms with Crippen LogP contribution in [-0.2, 0) is 4.74 Å². The number of nitrogens with zero attached hydrogens (tertiary/aromatic N) is 2. The molecule has 1 aromatic heterocycles. The molecule has 2 N–H and O–H groups in total. The molecule has 1 atom stereocenters. The number of morpholine rings is 1. The van der Waals surface area contributed by atoms with Gasteiger partial charge in [0.15, 0.2) is 0 Å². The van der Waals surface area contributed by atoms with Crippen LogP contribution in [0.4, 0.5) is 0 Å². The van der Waals surface area contributed by atoms with E-state index in [9.17, 15) is 4.79 Å². The Balaban J connectivity index is 2.18. The van der Waals surface area contributed by atoms with E-state index >= 15 is 0 Å². The number of rotatable bonds is 2. The molecule has 5 heteroatoms. The van der Waals surface area contributed by atoms with Crippen LogP contribution in [0.1, 0.15) is 16.2 Å². The van der Waals surface area contributed by atoms with Crippen LogP contribution < -0.4 is 5.73 Å². The number of pyridine rings is 1. The maximum Gasteiger partial charge on any atom is 0.272 e. The molecule has 1 aliphatic heterocycles. The highest BCUT2D eigenvalue weighted by atomic mass is 16.5. The molecule has 2 rings (SSSR count). The van der Waals surface area contributed by atoms with Gasteiger partial charge in [-0.15, -0.1) is 0 Å². The highest BCUT2D eigenvalue weighted by Crippen LogP contribution is 2.11. The third kappa shape index (κ3) is 2.62. The molecule has 1 saturated heterocycles. The first-order chi connectivity index (χ1) is 8.22. The standard InChI is InChI=1S/C12H17N3O2/c1-9-3-2-4-11(14-9)12(16)15-5-6-17-8-10(15)7-13/h2-4,10H,5-8,13H2,1H3. The molecule has 1 aromatic rings. The van der Waals surface area contributed by atoms with Crippen LogP contribution >= 0.6 is 0 Å². The number of carbonyl (C=O) groups is 1. The van der Waals surface area contributed by atoms with E-state index in [0.29, 0.717) is 32.0 Å². The van der Waals surface area contributed by atoms with E-state index in [1.807, 2.05) is 19.1 Å². The monoisotopic (exact) mass is 235 g/mol. The lowest BCUT2D eigenvalue weighted by Crippen LogP contribution is -2.52. The summed E-state index contributed by atoms with van der Waals surface area (Å²) in [5.74, 6) is -0.0625. The van der Waals surface area contributed by atoms with Crippen molar-refractivity contribution in [3.63, 3.8) is 0 Å². The number of amides is 1. The summed E-state index contributed by atoms with van der Waals surface area (Å²) in [6, 6.07) is 5.40. The maximum atomic E-state index is 12.3. The zero-order valence-electron chi connectivity index (χ0n) is 9.93. The fourth-order valence-corrected chi connectivity index (χ4v) is 1.93. The summed E-state index contributed by atoms with van der Waals surface area (Å²) in [6.45, 7) is 3.94. The SMILES string of the molecule is Cc1cccc(C(=O)N2CCOCC2CN)n1. The fraction of sp³-hybridized carbons (Fsp3) is 0.500. The van der Waals surface area contributed by atoms with Gasteiger partial charge in [0.2, 0.25) is 0 Å². The van der Waals surface area contributed by atoms with Gasteiger partial charge in [0.1, 0.15) is 5.69 Å². The van der Waals surface area contributed by atoms with Crippen molar-refractivity contribution in [3.8, 4) is 0 Å². The molecule has 1 aliphatic rings. The van der Waals surface area contributed by atoms with Gasteiger partial charge in [0.05, 0.1) is 19.3 Å². The molecule has 0 aliphatic carbocycles. The van der Waals surface area contributed by atoms with Gasteiger partial charge in [0, 0.05) is 18.8 Å². The van der Waals surface area contributed by atoms with Gasteiger partial charge in [-0.25, -0.2) is 4.98 Å². The first-order valence-electron chi connectivity index (χ1n) is 5.75. The molecule has 0 spiro atoms. The quantitative estimate of drug-likeness (QED) is 0.794. The van der Waals surface area contributed by atoms with E-state index in [4.69, 9.17) is 10.5 Å². The summed E-state index contributed by atoms with van der Waals surface area (Å²) in [5, 5.41) is 0. The smallest absolute Gasteiger partial charge is 0.272 e. The van der Waals surface area contributed by atoms with Crippen molar-refractivity contribution in [2.24, 2.45) is 5.73 Å². The summed E-state index contributed by atoms with van der Waals surface area (Å²) in [4.78, 5) is 18.3. The molecule has 2 heterocycles. The average molecular weight is 235 g/mol. The molecular weight excluding hydrogens is 218 g/mol. The van der Waals surface area contributed by atoms with Gasteiger partial charge < -0.3 is 15.4 Å². The van der Waals surface area contributed by atoms with Gasteiger partial charge in [0.25, 0.3) is 5.91 Å².